The molecule has 4 rings (SSSR count). The van der Waals surface area contributed by atoms with Gasteiger partial charge in [-0.3, -0.25) is 14.6 Å². The van der Waals surface area contributed by atoms with Crippen molar-refractivity contribution in [2.24, 2.45) is 0 Å². The lowest BCUT2D eigenvalue weighted by molar-refractivity contribution is 0.0952. The maximum absolute atomic E-state index is 12.8. The van der Waals surface area contributed by atoms with Crippen LogP contribution < -0.4 is 15.0 Å². The van der Waals surface area contributed by atoms with E-state index in [0.717, 1.165) is 6.54 Å². The van der Waals surface area contributed by atoms with Crippen molar-refractivity contribution in [3.05, 3.63) is 84.1 Å². The van der Waals surface area contributed by atoms with E-state index in [9.17, 15) is 9.59 Å². The van der Waals surface area contributed by atoms with E-state index in [0.29, 0.717) is 29.0 Å². The van der Waals surface area contributed by atoms with E-state index in [1.165, 1.54) is 42.0 Å². The summed E-state index contributed by atoms with van der Waals surface area (Å²) in [6.07, 6.45) is 4.68. The standard InChI is InChI=1S/C28H32N4O3/c1-20-8-7-9-21(2)32(20)19-22-12-14-23(15-13-22)27(33)30-24-16-17-29-26(18-24)35-28(34)31(3)25-10-5-4-6-11-25/h4-6,10-18,20-21H,7-9,19H2,1-3H3,(H,29,30,33). The Balaban J connectivity index is 1.36. The Kier molecular flexibility index (Phi) is 7.77. The zero-order valence-corrected chi connectivity index (χ0v) is 20.5. The number of pyridine rings is 1. The summed E-state index contributed by atoms with van der Waals surface area (Å²) < 4.78 is 5.38. The molecule has 1 aliphatic heterocycles. The van der Waals surface area contributed by atoms with Crippen LogP contribution in [0.25, 0.3) is 0 Å². The van der Waals surface area contributed by atoms with E-state index < -0.39 is 6.09 Å². The van der Waals surface area contributed by atoms with E-state index in [4.69, 9.17) is 4.74 Å². The molecule has 0 radical (unpaired) electrons. The van der Waals surface area contributed by atoms with Gasteiger partial charge < -0.3 is 10.1 Å². The first-order valence-corrected chi connectivity index (χ1v) is 12.0. The molecule has 0 saturated carbocycles. The topological polar surface area (TPSA) is 74.8 Å². The number of hydrogen-bond donors (Lipinski definition) is 1. The minimum Gasteiger partial charge on any atom is -0.391 e. The van der Waals surface area contributed by atoms with Crippen molar-refractivity contribution in [1.29, 1.82) is 0 Å². The van der Waals surface area contributed by atoms with Crippen LogP contribution in [0.4, 0.5) is 16.2 Å². The van der Waals surface area contributed by atoms with Crippen molar-refractivity contribution in [3.8, 4) is 5.88 Å². The zero-order valence-electron chi connectivity index (χ0n) is 20.5. The molecule has 7 nitrogen and oxygen atoms in total. The molecular weight excluding hydrogens is 440 g/mol. The summed E-state index contributed by atoms with van der Waals surface area (Å²) >= 11 is 0. The molecule has 1 N–H and O–H groups in total. The highest BCUT2D eigenvalue weighted by Gasteiger charge is 2.24. The summed E-state index contributed by atoms with van der Waals surface area (Å²) in [5.74, 6) is -0.128. The van der Waals surface area contributed by atoms with Crippen LogP contribution in [0.5, 0.6) is 5.88 Å². The highest BCUT2D eigenvalue weighted by molar-refractivity contribution is 6.04. The summed E-state index contributed by atoms with van der Waals surface area (Å²) in [6, 6.07) is 21.2. The van der Waals surface area contributed by atoms with Crippen molar-refractivity contribution >= 4 is 23.4 Å². The number of para-hydroxylation sites is 1. The number of carbonyl (C=O) groups excluding carboxylic acids is 2. The van der Waals surface area contributed by atoms with Crippen LogP contribution in [0.1, 0.15) is 49.0 Å². The van der Waals surface area contributed by atoms with Crippen molar-refractivity contribution < 1.29 is 14.3 Å². The average Bonchev–Trinajstić information content (AvgIpc) is 2.87. The molecule has 2 amide bonds. The van der Waals surface area contributed by atoms with Crippen LogP contribution in [0, 0.1) is 0 Å². The summed E-state index contributed by atoms with van der Waals surface area (Å²) in [6.45, 7) is 5.47. The Morgan fingerprint density at radius 3 is 2.40 bits per heavy atom. The predicted octanol–water partition coefficient (Wildman–Crippen LogP) is 5.73. The van der Waals surface area contributed by atoms with E-state index in [1.807, 2.05) is 54.6 Å². The Hall–Kier alpha value is -3.71. The quantitative estimate of drug-likeness (QED) is 0.496. The summed E-state index contributed by atoms with van der Waals surface area (Å²) in [5.41, 5.74) is 2.96. The lowest BCUT2D eigenvalue weighted by Crippen LogP contribution is -2.42. The van der Waals surface area contributed by atoms with Crippen molar-refractivity contribution in [2.45, 2.75) is 51.7 Å². The van der Waals surface area contributed by atoms with Gasteiger partial charge >= 0.3 is 6.09 Å². The number of nitrogens with one attached hydrogen (secondary N) is 1. The van der Waals surface area contributed by atoms with E-state index in [2.05, 4.69) is 29.0 Å². The summed E-state index contributed by atoms with van der Waals surface area (Å²) in [4.78, 5) is 33.3. The van der Waals surface area contributed by atoms with Gasteiger partial charge in [-0.2, -0.15) is 0 Å². The molecule has 1 aliphatic rings. The van der Waals surface area contributed by atoms with Crippen molar-refractivity contribution in [3.63, 3.8) is 0 Å². The maximum Gasteiger partial charge on any atom is 0.420 e. The van der Waals surface area contributed by atoms with Gasteiger partial charge in [-0.25, -0.2) is 9.78 Å². The number of hydrogen-bond acceptors (Lipinski definition) is 5. The number of nitrogens with zero attached hydrogens (tertiary/aromatic N) is 3. The Morgan fingerprint density at radius 2 is 1.71 bits per heavy atom. The van der Waals surface area contributed by atoms with Gasteiger partial charge in [-0.15, -0.1) is 0 Å². The zero-order chi connectivity index (χ0) is 24.8. The normalized spacial score (nSPS) is 18.0. The molecule has 1 saturated heterocycles. The number of ether oxygens (including phenoxy) is 1. The molecule has 182 valence electrons. The van der Waals surface area contributed by atoms with Crippen LogP contribution in [0.15, 0.2) is 72.9 Å². The number of likely N-dealkylation sites (tertiary alicyclic amines) is 1. The fraction of sp³-hybridized carbons (Fsp3) is 0.321. The Bertz CT molecular complexity index is 1140. The van der Waals surface area contributed by atoms with Crippen LogP contribution in [-0.2, 0) is 6.54 Å². The lowest BCUT2D eigenvalue weighted by Gasteiger charge is -2.39. The number of aromatic nitrogens is 1. The third kappa shape index (κ3) is 6.25. The molecule has 35 heavy (non-hydrogen) atoms. The molecular formula is C28H32N4O3. The Labute approximate surface area is 206 Å². The van der Waals surface area contributed by atoms with Gasteiger partial charge in [0.1, 0.15) is 0 Å². The van der Waals surface area contributed by atoms with Crippen molar-refractivity contribution in [2.75, 3.05) is 17.3 Å². The highest BCUT2D eigenvalue weighted by Crippen LogP contribution is 2.25. The lowest BCUT2D eigenvalue weighted by atomic mass is 9.96. The number of rotatable bonds is 6. The van der Waals surface area contributed by atoms with Crippen LogP contribution in [-0.4, -0.2) is 41.0 Å². The second kappa shape index (κ2) is 11.1. The minimum absolute atomic E-state index is 0.107. The van der Waals surface area contributed by atoms with Gasteiger partial charge in [-0.05, 0) is 62.6 Å². The molecule has 2 aromatic carbocycles. The van der Waals surface area contributed by atoms with E-state index >= 15 is 0 Å². The highest BCUT2D eigenvalue weighted by atomic mass is 16.6. The van der Waals surface area contributed by atoms with Gasteiger partial charge in [0.15, 0.2) is 0 Å². The molecule has 3 aromatic rings. The number of amides is 2. The van der Waals surface area contributed by atoms with Crippen LogP contribution in [0.2, 0.25) is 0 Å². The van der Waals surface area contributed by atoms with Gasteiger partial charge in [0, 0.05) is 54.9 Å². The van der Waals surface area contributed by atoms with E-state index in [1.54, 1.807) is 13.1 Å². The molecule has 2 atom stereocenters. The average molecular weight is 473 g/mol. The molecule has 1 aromatic heterocycles. The van der Waals surface area contributed by atoms with Gasteiger partial charge in [0.05, 0.1) is 0 Å². The first-order chi connectivity index (χ1) is 16.9. The molecule has 0 aliphatic carbocycles. The molecule has 2 unspecified atom stereocenters. The second-order valence-electron chi connectivity index (χ2n) is 9.10. The number of anilines is 2. The van der Waals surface area contributed by atoms with Crippen LogP contribution >= 0.6 is 0 Å². The monoisotopic (exact) mass is 472 g/mol. The third-order valence-electron chi connectivity index (χ3n) is 6.56. The first kappa shape index (κ1) is 24.4. The summed E-state index contributed by atoms with van der Waals surface area (Å²) in [7, 11) is 1.62. The second-order valence-corrected chi connectivity index (χ2v) is 9.10. The number of carbonyl (C=O) groups is 2. The van der Waals surface area contributed by atoms with E-state index in [-0.39, 0.29) is 11.8 Å². The fourth-order valence-electron chi connectivity index (χ4n) is 4.42. The fourth-order valence-corrected chi connectivity index (χ4v) is 4.42. The predicted molar refractivity (Wildman–Crippen MR) is 138 cm³/mol. The van der Waals surface area contributed by atoms with Gasteiger partial charge in [-0.1, -0.05) is 36.8 Å². The van der Waals surface area contributed by atoms with Crippen molar-refractivity contribution in [1.82, 2.24) is 9.88 Å². The maximum atomic E-state index is 12.8. The molecule has 1 fully saturated rings. The Morgan fingerprint density at radius 1 is 1.03 bits per heavy atom. The van der Waals surface area contributed by atoms with Gasteiger partial charge in [0.2, 0.25) is 5.88 Å². The SMILES string of the molecule is CC1CCCC(C)N1Cc1ccc(C(=O)Nc2ccnc(OC(=O)N(C)c3ccccc3)c2)cc1. The summed E-state index contributed by atoms with van der Waals surface area (Å²) in [5, 5.41) is 2.85. The number of piperidine rings is 1. The minimum atomic E-state index is -0.569. The molecule has 2 heterocycles. The smallest absolute Gasteiger partial charge is 0.391 e. The molecule has 0 bridgehead atoms. The number of benzene rings is 2. The first-order valence-electron chi connectivity index (χ1n) is 12.0. The van der Waals surface area contributed by atoms with Crippen LogP contribution in [0.3, 0.4) is 0 Å². The largest absolute Gasteiger partial charge is 0.420 e. The van der Waals surface area contributed by atoms with Gasteiger partial charge in [0.25, 0.3) is 5.91 Å². The molecule has 0 spiro atoms. The third-order valence-corrected chi connectivity index (χ3v) is 6.56. The molecule has 7 heteroatoms.